The molecular weight excluding hydrogens is 124 g/mol. The van der Waals surface area contributed by atoms with Crippen molar-refractivity contribution in [2.24, 2.45) is 4.99 Å². The fourth-order valence-corrected chi connectivity index (χ4v) is 1.04. The Balaban J connectivity index is 2.31. The van der Waals surface area contributed by atoms with E-state index in [1.165, 1.54) is 0 Å². The molecule has 1 aliphatic rings. The van der Waals surface area contributed by atoms with Gasteiger partial charge in [-0.1, -0.05) is 13.0 Å². The van der Waals surface area contributed by atoms with Crippen LogP contribution in [0.1, 0.15) is 19.8 Å². The van der Waals surface area contributed by atoms with E-state index in [-0.39, 0.29) is 0 Å². The van der Waals surface area contributed by atoms with Gasteiger partial charge in [0.25, 0.3) is 0 Å². The van der Waals surface area contributed by atoms with E-state index in [9.17, 15) is 0 Å². The molecule has 2 nitrogen and oxygen atoms in total. The maximum atomic E-state index is 4.31. The molecule has 1 atom stereocenters. The Labute approximate surface area is 62.0 Å². The minimum absolute atomic E-state index is 0.390. The summed E-state index contributed by atoms with van der Waals surface area (Å²) in [6, 6.07) is 0.390. The standard InChI is InChI=1S/C8H14N2/c1-3-5-8-9-6-7(4-2)10-8/h4,7H,2-3,5-6H2,1H3,(H,9,10). The Bertz CT molecular complexity index is 149. The number of rotatable bonds is 3. The van der Waals surface area contributed by atoms with E-state index in [0.29, 0.717) is 6.04 Å². The normalized spacial score (nSPS) is 23.7. The first kappa shape index (κ1) is 7.32. The summed E-state index contributed by atoms with van der Waals surface area (Å²) < 4.78 is 0. The average Bonchev–Trinajstić information content (AvgIpc) is 2.37. The second-order valence-electron chi connectivity index (χ2n) is 2.52. The first-order valence-electron chi connectivity index (χ1n) is 3.79. The summed E-state index contributed by atoms with van der Waals surface area (Å²) in [5, 5.41) is 3.27. The molecule has 1 rings (SSSR count). The van der Waals surface area contributed by atoms with Crippen LogP contribution in [0.5, 0.6) is 0 Å². The summed E-state index contributed by atoms with van der Waals surface area (Å²) in [7, 11) is 0. The molecule has 2 heteroatoms. The monoisotopic (exact) mass is 138 g/mol. The Morgan fingerprint density at radius 3 is 3.20 bits per heavy atom. The minimum Gasteiger partial charge on any atom is -0.366 e. The molecule has 0 aromatic carbocycles. The maximum Gasteiger partial charge on any atom is 0.0969 e. The molecule has 1 N–H and O–H groups in total. The molecule has 0 saturated heterocycles. The van der Waals surface area contributed by atoms with Crippen LogP contribution in [0.2, 0.25) is 0 Å². The van der Waals surface area contributed by atoms with E-state index < -0.39 is 0 Å². The summed E-state index contributed by atoms with van der Waals surface area (Å²) in [5.74, 6) is 1.15. The van der Waals surface area contributed by atoms with Gasteiger partial charge in [-0.15, -0.1) is 6.58 Å². The van der Waals surface area contributed by atoms with Gasteiger partial charge < -0.3 is 5.32 Å². The fraction of sp³-hybridized carbons (Fsp3) is 0.625. The van der Waals surface area contributed by atoms with Crippen LogP contribution in [0.25, 0.3) is 0 Å². The third-order valence-electron chi connectivity index (χ3n) is 1.60. The third-order valence-corrected chi connectivity index (χ3v) is 1.60. The van der Waals surface area contributed by atoms with E-state index in [0.717, 1.165) is 25.2 Å². The first-order chi connectivity index (χ1) is 4.86. The van der Waals surface area contributed by atoms with Crippen molar-refractivity contribution in [1.82, 2.24) is 5.32 Å². The third kappa shape index (κ3) is 1.59. The molecule has 0 fully saturated rings. The van der Waals surface area contributed by atoms with Gasteiger partial charge in [0, 0.05) is 6.42 Å². The van der Waals surface area contributed by atoms with Crippen molar-refractivity contribution in [2.75, 3.05) is 6.54 Å². The zero-order valence-corrected chi connectivity index (χ0v) is 6.43. The molecule has 0 aromatic heterocycles. The topological polar surface area (TPSA) is 24.4 Å². The lowest BCUT2D eigenvalue weighted by Crippen LogP contribution is -2.27. The summed E-state index contributed by atoms with van der Waals surface area (Å²) in [4.78, 5) is 4.31. The minimum atomic E-state index is 0.390. The molecule has 10 heavy (non-hydrogen) atoms. The molecule has 0 aromatic rings. The number of nitrogens with zero attached hydrogens (tertiary/aromatic N) is 1. The number of hydrogen-bond donors (Lipinski definition) is 1. The highest BCUT2D eigenvalue weighted by atomic mass is 15.1. The maximum absolute atomic E-state index is 4.31. The zero-order chi connectivity index (χ0) is 7.40. The largest absolute Gasteiger partial charge is 0.366 e. The molecule has 1 unspecified atom stereocenters. The van der Waals surface area contributed by atoms with Crippen LogP contribution in [0.15, 0.2) is 17.6 Å². The molecule has 0 amide bonds. The Morgan fingerprint density at radius 2 is 2.70 bits per heavy atom. The number of nitrogens with one attached hydrogen (secondary N) is 1. The molecule has 0 bridgehead atoms. The first-order valence-corrected chi connectivity index (χ1v) is 3.79. The average molecular weight is 138 g/mol. The fourth-order valence-electron chi connectivity index (χ4n) is 1.04. The van der Waals surface area contributed by atoms with Crippen molar-refractivity contribution in [3.8, 4) is 0 Å². The van der Waals surface area contributed by atoms with Crippen molar-refractivity contribution >= 4 is 5.84 Å². The number of aliphatic imine (C=N–C) groups is 1. The van der Waals surface area contributed by atoms with E-state index in [1.807, 2.05) is 6.08 Å². The van der Waals surface area contributed by atoms with Crippen LogP contribution >= 0.6 is 0 Å². The van der Waals surface area contributed by atoms with Crippen molar-refractivity contribution in [2.45, 2.75) is 25.8 Å². The summed E-state index contributed by atoms with van der Waals surface area (Å²) >= 11 is 0. The van der Waals surface area contributed by atoms with Gasteiger partial charge in [-0.2, -0.15) is 0 Å². The lowest BCUT2D eigenvalue weighted by molar-refractivity contribution is 0.790. The molecule has 0 radical (unpaired) electrons. The van der Waals surface area contributed by atoms with Crippen molar-refractivity contribution in [3.05, 3.63) is 12.7 Å². The molecule has 0 spiro atoms. The van der Waals surface area contributed by atoms with Crippen LogP contribution in [-0.2, 0) is 0 Å². The van der Waals surface area contributed by atoms with Gasteiger partial charge >= 0.3 is 0 Å². The SMILES string of the molecule is C=CC1CN=C(CCC)N1. The van der Waals surface area contributed by atoms with Crippen LogP contribution in [0.4, 0.5) is 0 Å². The van der Waals surface area contributed by atoms with Gasteiger partial charge in [0.2, 0.25) is 0 Å². The summed E-state index contributed by atoms with van der Waals surface area (Å²) in [6.07, 6.45) is 4.15. The summed E-state index contributed by atoms with van der Waals surface area (Å²) in [6.45, 7) is 6.73. The Kier molecular flexibility index (Phi) is 2.49. The smallest absolute Gasteiger partial charge is 0.0969 e. The predicted octanol–water partition coefficient (Wildman–Crippen LogP) is 1.34. The second kappa shape index (κ2) is 3.40. The van der Waals surface area contributed by atoms with Crippen LogP contribution in [-0.4, -0.2) is 18.4 Å². The van der Waals surface area contributed by atoms with Crippen molar-refractivity contribution < 1.29 is 0 Å². The van der Waals surface area contributed by atoms with Gasteiger partial charge in [-0.25, -0.2) is 0 Å². The predicted molar refractivity (Wildman–Crippen MR) is 44.3 cm³/mol. The number of hydrogen-bond acceptors (Lipinski definition) is 2. The van der Waals surface area contributed by atoms with E-state index >= 15 is 0 Å². The van der Waals surface area contributed by atoms with Gasteiger partial charge in [0.15, 0.2) is 0 Å². The molecule has 0 saturated carbocycles. The second-order valence-corrected chi connectivity index (χ2v) is 2.52. The van der Waals surface area contributed by atoms with Gasteiger partial charge in [0.1, 0.15) is 0 Å². The lowest BCUT2D eigenvalue weighted by atomic mass is 10.3. The molecular formula is C8H14N2. The van der Waals surface area contributed by atoms with Crippen LogP contribution in [0, 0.1) is 0 Å². The quantitative estimate of drug-likeness (QED) is 0.585. The lowest BCUT2D eigenvalue weighted by Gasteiger charge is -2.04. The Morgan fingerprint density at radius 1 is 1.90 bits per heavy atom. The summed E-state index contributed by atoms with van der Waals surface area (Å²) in [5.41, 5.74) is 0. The number of amidine groups is 1. The van der Waals surface area contributed by atoms with Gasteiger partial charge in [-0.05, 0) is 6.42 Å². The van der Waals surface area contributed by atoms with Gasteiger partial charge in [-0.3, -0.25) is 4.99 Å². The highest BCUT2D eigenvalue weighted by Gasteiger charge is 2.11. The Hall–Kier alpha value is -0.790. The zero-order valence-electron chi connectivity index (χ0n) is 6.43. The van der Waals surface area contributed by atoms with Gasteiger partial charge in [0.05, 0.1) is 18.4 Å². The molecule has 0 aliphatic carbocycles. The molecule has 56 valence electrons. The molecule has 1 aliphatic heterocycles. The highest BCUT2D eigenvalue weighted by molar-refractivity contribution is 5.84. The van der Waals surface area contributed by atoms with E-state index in [1.54, 1.807) is 0 Å². The van der Waals surface area contributed by atoms with Crippen molar-refractivity contribution in [3.63, 3.8) is 0 Å². The highest BCUT2D eigenvalue weighted by Crippen LogP contribution is 2.00. The van der Waals surface area contributed by atoms with Crippen LogP contribution < -0.4 is 5.32 Å². The van der Waals surface area contributed by atoms with Crippen LogP contribution in [0.3, 0.4) is 0 Å². The van der Waals surface area contributed by atoms with E-state index in [4.69, 9.17) is 0 Å². The molecule has 1 heterocycles. The van der Waals surface area contributed by atoms with E-state index in [2.05, 4.69) is 23.8 Å². The van der Waals surface area contributed by atoms with Crippen molar-refractivity contribution in [1.29, 1.82) is 0 Å².